The third-order valence-electron chi connectivity index (χ3n) is 4.39. The Balaban J connectivity index is 1.69. The summed E-state index contributed by atoms with van der Waals surface area (Å²) < 4.78 is 6.05. The third kappa shape index (κ3) is 2.23. The van der Waals surface area contributed by atoms with Crippen molar-refractivity contribution in [1.29, 1.82) is 0 Å². The van der Waals surface area contributed by atoms with E-state index in [1.807, 2.05) is 30.5 Å². The van der Waals surface area contributed by atoms with E-state index in [0.29, 0.717) is 11.9 Å². The van der Waals surface area contributed by atoms with E-state index in [1.54, 1.807) is 6.33 Å². The summed E-state index contributed by atoms with van der Waals surface area (Å²) in [5, 5.41) is 1.13. The topological polar surface area (TPSA) is 54.0 Å². The molecule has 3 aromatic rings. The lowest BCUT2D eigenvalue weighted by Gasteiger charge is -2.31. The Labute approximate surface area is 129 Å². The molecule has 0 bridgehead atoms. The van der Waals surface area contributed by atoms with E-state index < -0.39 is 0 Å². The molecule has 0 amide bonds. The van der Waals surface area contributed by atoms with Gasteiger partial charge < -0.3 is 9.72 Å². The number of rotatable bonds is 2. The SMILES string of the molecule is CC1Cc2c(ncnc2Oc2ccc3[nH]ccc3c2)CN1C. The maximum Gasteiger partial charge on any atom is 0.225 e. The molecule has 1 aliphatic heterocycles. The summed E-state index contributed by atoms with van der Waals surface area (Å²) in [4.78, 5) is 14.2. The van der Waals surface area contributed by atoms with Gasteiger partial charge in [-0.25, -0.2) is 9.97 Å². The van der Waals surface area contributed by atoms with Crippen LogP contribution in [0.3, 0.4) is 0 Å². The molecule has 1 unspecified atom stereocenters. The molecule has 112 valence electrons. The highest BCUT2D eigenvalue weighted by molar-refractivity contribution is 5.80. The first-order chi connectivity index (χ1) is 10.7. The minimum atomic E-state index is 0.466. The second kappa shape index (κ2) is 5.10. The fourth-order valence-electron chi connectivity index (χ4n) is 2.91. The molecule has 1 aromatic carbocycles. The number of benzene rings is 1. The van der Waals surface area contributed by atoms with Crippen molar-refractivity contribution in [1.82, 2.24) is 19.9 Å². The summed E-state index contributed by atoms with van der Waals surface area (Å²) in [5.41, 5.74) is 3.29. The fraction of sp³-hybridized carbons (Fsp3) is 0.294. The van der Waals surface area contributed by atoms with E-state index in [4.69, 9.17) is 4.74 Å². The monoisotopic (exact) mass is 294 g/mol. The second-order valence-corrected chi connectivity index (χ2v) is 5.90. The number of ether oxygens (including phenoxy) is 1. The molecule has 5 heteroatoms. The van der Waals surface area contributed by atoms with Crippen molar-refractivity contribution >= 4 is 10.9 Å². The van der Waals surface area contributed by atoms with Crippen molar-refractivity contribution in [2.24, 2.45) is 0 Å². The van der Waals surface area contributed by atoms with Crippen LogP contribution in [0.1, 0.15) is 18.2 Å². The number of nitrogens with zero attached hydrogens (tertiary/aromatic N) is 3. The molecule has 0 radical (unpaired) electrons. The lowest BCUT2D eigenvalue weighted by Crippen LogP contribution is -2.35. The molecule has 3 heterocycles. The molecule has 0 saturated heterocycles. The van der Waals surface area contributed by atoms with Crippen LogP contribution in [0.5, 0.6) is 11.6 Å². The van der Waals surface area contributed by atoms with Gasteiger partial charge in [0.15, 0.2) is 0 Å². The Morgan fingerprint density at radius 3 is 3.09 bits per heavy atom. The zero-order chi connectivity index (χ0) is 15.1. The molecule has 1 aliphatic rings. The van der Waals surface area contributed by atoms with Gasteiger partial charge in [0.1, 0.15) is 12.1 Å². The van der Waals surface area contributed by atoms with Gasteiger partial charge in [-0.2, -0.15) is 0 Å². The molecule has 1 N–H and O–H groups in total. The maximum absolute atomic E-state index is 6.05. The quantitative estimate of drug-likeness (QED) is 0.789. The summed E-state index contributed by atoms with van der Waals surface area (Å²) in [6.45, 7) is 3.05. The molecular formula is C17H18N4O. The molecule has 0 spiro atoms. The predicted molar refractivity (Wildman–Crippen MR) is 85.0 cm³/mol. The van der Waals surface area contributed by atoms with Crippen LogP contribution >= 0.6 is 0 Å². The number of nitrogens with one attached hydrogen (secondary N) is 1. The summed E-state index contributed by atoms with van der Waals surface area (Å²) in [5.74, 6) is 1.49. The smallest absolute Gasteiger partial charge is 0.225 e. The highest BCUT2D eigenvalue weighted by Crippen LogP contribution is 2.31. The van der Waals surface area contributed by atoms with Crippen molar-refractivity contribution in [2.45, 2.75) is 25.9 Å². The Bertz CT molecular complexity index is 826. The van der Waals surface area contributed by atoms with Crippen LogP contribution in [-0.4, -0.2) is 32.9 Å². The molecule has 22 heavy (non-hydrogen) atoms. The second-order valence-electron chi connectivity index (χ2n) is 5.90. The van der Waals surface area contributed by atoms with E-state index in [-0.39, 0.29) is 0 Å². The van der Waals surface area contributed by atoms with Crippen molar-refractivity contribution in [3.63, 3.8) is 0 Å². The number of hydrogen-bond acceptors (Lipinski definition) is 4. The van der Waals surface area contributed by atoms with Crippen molar-refractivity contribution in [2.75, 3.05) is 7.05 Å². The molecule has 0 saturated carbocycles. The third-order valence-corrected chi connectivity index (χ3v) is 4.39. The summed E-state index contributed by atoms with van der Waals surface area (Å²) in [7, 11) is 2.12. The van der Waals surface area contributed by atoms with Crippen LogP contribution in [0.2, 0.25) is 0 Å². The Hall–Kier alpha value is -2.40. The Kier molecular flexibility index (Phi) is 3.08. The summed E-state index contributed by atoms with van der Waals surface area (Å²) >= 11 is 0. The number of H-pyrrole nitrogens is 1. The number of aromatic amines is 1. The van der Waals surface area contributed by atoms with Crippen LogP contribution in [0.15, 0.2) is 36.8 Å². The van der Waals surface area contributed by atoms with Crippen molar-refractivity contribution < 1.29 is 4.74 Å². The van der Waals surface area contributed by atoms with Crippen molar-refractivity contribution in [3.05, 3.63) is 48.0 Å². The van der Waals surface area contributed by atoms with E-state index in [9.17, 15) is 0 Å². The van der Waals surface area contributed by atoms with Gasteiger partial charge >= 0.3 is 0 Å². The number of hydrogen-bond donors (Lipinski definition) is 1. The van der Waals surface area contributed by atoms with Gasteiger partial charge in [0.25, 0.3) is 0 Å². The molecule has 4 rings (SSSR count). The van der Waals surface area contributed by atoms with Gasteiger partial charge in [-0.1, -0.05) is 0 Å². The average molecular weight is 294 g/mol. The van der Waals surface area contributed by atoms with Gasteiger partial charge in [-0.3, -0.25) is 4.90 Å². The normalized spacial score (nSPS) is 18.4. The highest BCUT2D eigenvalue weighted by Gasteiger charge is 2.24. The van der Waals surface area contributed by atoms with Gasteiger partial charge in [0.05, 0.1) is 5.69 Å². The zero-order valence-corrected chi connectivity index (χ0v) is 12.7. The van der Waals surface area contributed by atoms with E-state index in [1.165, 1.54) is 0 Å². The van der Waals surface area contributed by atoms with Gasteiger partial charge in [-0.05, 0) is 44.7 Å². The minimum absolute atomic E-state index is 0.466. The van der Waals surface area contributed by atoms with Crippen LogP contribution in [0.25, 0.3) is 10.9 Å². The minimum Gasteiger partial charge on any atom is -0.439 e. The molecule has 0 fully saturated rings. The number of fused-ring (bicyclic) bond motifs is 2. The molecule has 5 nitrogen and oxygen atoms in total. The van der Waals surface area contributed by atoms with E-state index in [0.717, 1.165) is 40.9 Å². The van der Waals surface area contributed by atoms with Crippen LogP contribution in [-0.2, 0) is 13.0 Å². The van der Waals surface area contributed by atoms with Crippen molar-refractivity contribution in [3.8, 4) is 11.6 Å². The maximum atomic E-state index is 6.05. The first kappa shape index (κ1) is 13.3. The zero-order valence-electron chi connectivity index (χ0n) is 12.7. The average Bonchev–Trinajstić information content (AvgIpc) is 2.97. The molecular weight excluding hydrogens is 276 g/mol. The molecule has 2 aromatic heterocycles. The Morgan fingerprint density at radius 1 is 1.27 bits per heavy atom. The standard InChI is InChI=1S/C17H18N4O/c1-11-7-14-16(9-21(11)2)19-10-20-17(14)22-13-3-4-15-12(8-13)5-6-18-15/h3-6,8,10-11,18H,7,9H2,1-2H3. The first-order valence-corrected chi connectivity index (χ1v) is 7.48. The molecule has 0 aliphatic carbocycles. The van der Waals surface area contributed by atoms with Gasteiger partial charge in [0.2, 0.25) is 5.88 Å². The van der Waals surface area contributed by atoms with Crippen LogP contribution in [0, 0.1) is 0 Å². The summed E-state index contributed by atoms with van der Waals surface area (Å²) in [6, 6.07) is 8.52. The van der Waals surface area contributed by atoms with Crippen LogP contribution < -0.4 is 4.74 Å². The van der Waals surface area contributed by atoms with Gasteiger partial charge in [0, 0.05) is 35.2 Å². The Morgan fingerprint density at radius 2 is 2.18 bits per heavy atom. The number of likely N-dealkylation sites (N-methyl/N-ethyl adjacent to an activating group) is 1. The van der Waals surface area contributed by atoms with Crippen LogP contribution in [0.4, 0.5) is 0 Å². The van der Waals surface area contributed by atoms with E-state index >= 15 is 0 Å². The number of aromatic nitrogens is 3. The fourth-order valence-corrected chi connectivity index (χ4v) is 2.91. The summed E-state index contributed by atoms with van der Waals surface area (Å²) in [6.07, 6.45) is 4.43. The predicted octanol–water partition coefficient (Wildman–Crippen LogP) is 3.13. The lowest BCUT2D eigenvalue weighted by atomic mass is 10.0. The lowest BCUT2D eigenvalue weighted by molar-refractivity contribution is 0.224. The first-order valence-electron chi connectivity index (χ1n) is 7.48. The van der Waals surface area contributed by atoms with E-state index in [2.05, 4.69) is 33.8 Å². The highest BCUT2D eigenvalue weighted by atomic mass is 16.5. The molecule has 1 atom stereocenters. The van der Waals surface area contributed by atoms with Gasteiger partial charge in [-0.15, -0.1) is 0 Å². The largest absolute Gasteiger partial charge is 0.439 e.